The summed E-state index contributed by atoms with van der Waals surface area (Å²) in [5, 5.41) is 6.36. The molecule has 5 heteroatoms. The summed E-state index contributed by atoms with van der Waals surface area (Å²) in [6.45, 7) is 6.69. The third-order valence-corrected chi connectivity index (χ3v) is 4.73. The van der Waals surface area contributed by atoms with Crippen LogP contribution in [0.2, 0.25) is 0 Å². The Balaban J connectivity index is 1.74. The molecular formula is C19H29FN2O2. The minimum atomic E-state index is -0.318. The number of halogens is 1. The van der Waals surface area contributed by atoms with Crippen molar-refractivity contribution in [2.24, 2.45) is 11.8 Å². The lowest BCUT2D eigenvalue weighted by Crippen LogP contribution is -2.38. The second kappa shape index (κ2) is 9.62. The third kappa shape index (κ3) is 6.11. The van der Waals surface area contributed by atoms with Crippen molar-refractivity contribution in [2.45, 2.75) is 45.6 Å². The summed E-state index contributed by atoms with van der Waals surface area (Å²) in [6, 6.07) is 6.10. The van der Waals surface area contributed by atoms with E-state index in [4.69, 9.17) is 4.74 Å². The molecule has 4 nitrogen and oxygen atoms in total. The van der Waals surface area contributed by atoms with Crippen molar-refractivity contribution in [3.63, 3.8) is 0 Å². The molecule has 24 heavy (non-hydrogen) atoms. The van der Waals surface area contributed by atoms with E-state index in [-0.39, 0.29) is 17.8 Å². The summed E-state index contributed by atoms with van der Waals surface area (Å²) in [7, 11) is 0. The van der Waals surface area contributed by atoms with Gasteiger partial charge in [0, 0.05) is 12.5 Å². The van der Waals surface area contributed by atoms with E-state index in [0.29, 0.717) is 30.6 Å². The maximum atomic E-state index is 13.2. The average molecular weight is 336 g/mol. The fourth-order valence-corrected chi connectivity index (χ4v) is 3.13. The Bertz CT molecular complexity index is 518. The number of hydrogen-bond acceptors (Lipinski definition) is 3. The molecule has 1 heterocycles. The van der Waals surface area contributed by atoms with Gasteiger partial charge in [0.15, 0.2) is 0 Å². The smallest absolute Gasteiger partial charge is 0.220 e. The molecule has 0 aliphatic carbocycles. The zero-order valence-corrected chi connectivity index (χ0v) is 14.7. The normalized spacial score (nSPS) is 20.2. The monoisotopic (exact) mass is 336 g/mol. The molecule has 0 spiro atoms. The summed E-state index contributed by atoms with van der Waals surface area (Å²) in [4.78, 5) is 12.2. The standard InChI is InChI=1S/C19H29FN2O2/c1-3-17(24-18-8-4-7-16(20)11-18)13-22-19(23)10-14(2)15-6-5-9-21-12-15/h4,7-8,11,14-15,17,21H,3,5-6,9-10,12-13H2,1-2H3,(H,22,23). The van der Waals surface area contributed by atoms with Gasteiger partial charge in [-0.25, -0.2) is 4.39 Å². The van der Waals surface area contributed by atoms with Crippen LogP contribution in [-0.2, 0) is 4.79 Å². The number of ether oxygens (including phenoxy) is 1. The Hall–Kier alpha value is -1.62. The van der Waals surface area contributed by atoms with Crippen molar-refractivity contribution >= 4 is 5.91 Å². The van der Waals surface area contributed by atoms with Crippen LogP contribution in [-0.4, -0.2) is 31.6 Å². The van der Waals surface area contributed by atoms with E-state index in [1.807, 2.05) is 6.92 Å². The molecule has 1 aliphatic heterocycles. The first-order valence-corrected chi connectivity index (χ1v) is 8.98. The van der Waals surface area contributed by atoms with Crippen LogP contribution in [0.15, 0.2) is 24.3 Å². The van der Waals surface area contributed by atoms with Gasteiger partial charge in [0.05, 0.1) is 6.54 Å². The first-order chi connectivity index (χ1) is 11.6. The molecular weight excluding hydrogens is 307 g/mol. The highest BCUT2D eigenvalue weighted by Gasteiger charge is 2.22. The molecule has 1 aromatic carbocycles. The predicted molar refractivity (Wildman–Crippen MR) is 93.5 cm³/mol. The minimum absolute atomic E-state index is 0.0642. The van der Waals surface area contributed by atoms with Crippen molar-refractivity contribution < 1.29 is 13.9 Å². The van der Waals surface area contributed by atoms with Crippen LogP contribution in [0, 0.1) is 17.7 Å². The second-order valence-corrected chi connectivity index (χ2v) is 6.70. The Morgan fingerprint density at radius 3 is 3.00 bits per heavy atom. The van der Waals surface area contributed by atoms with E-state index in [9.17, 15) is 9.18 Å². The molecule has 3 atom stereocenters. The van der Waals surface area contributed by atoms with E-state index < -0.39 is 0 Å². The first-order valence-electron chi connectivity index (χ1n) is 8.98. The first kappa shape index (κ1) is 18.7. The fraction of sp³-hybridized carbons (Fsp3) is 0.632. The van der Waals surface area contributed by atoms with E-state index in [1.54, 1.807) is 12.1 Å². The van der Waals surface area contributed by atoms with Crippen molar-refractivity contribution in [1.29, 1.82) is 0 Å². The van der Waals surface area contributed by atoms with Crippen LogP contribution in [0.1, 0.15) is 39.5 Å². The molecule has 0 saturated carbocycles. The largest absolute Gasteiger partial charge is 0.489 e. The second-order valence-electron chi connectivity index (χ2n) is 6.70. The molecule has 1 aromatic rings. The highest BCUT2D eigenvalue weighted by Crippen LogP contribution is 2.22. The molecule has 134 valence electrons. The van der Waals surface area contributed by atoms with Crippen LogP contribution in [0.25, 0.3) is 0 Å². The Morgan fingerprint density at radius 2 is 2.33 bits per heavy atom. The fourth-order valence-electron chi connectivity index (χ4n) is 3.13. The highest BCUT2D eigenvalue weighted by molar-refractivity contribution is 5.76. The average Bonchev–Trinajstić information content (AvgIpc) is 2.59. The maximum absolute atomic E-state index is 13.2. The van der Waals surface area contributed by atoms with E-state index in [0.717, 1.165) is 19.5 Å². The molecule has 1 amide bonds. The van der Waals surface area contributed by atoms with Crippen molar-refractivity contribution in [3.8, 4) is 5.75 Å². The molecule has 0 aromatic heterocycles. The lowest BCUT2D eigenvalue weighted by molar-refractivity contribution is -0.122. The van der Waals surface area contributed by atoms with Gasteiger partial charge in [0.1, 0.15) is 17.7 Å². The number of hydrogen-bond donors (Lipinski definition) is 2. The number of carbonyl (C=O) groups excluding carboxylic acids is 1. The zero-order valence-electron chi connectivity index (χ0n) is 14.7. The van der Waals surface area contributed by atoms with Gasteiger partial charge in [-0.2, -0.15) is 0 Å². The van der Waals surface area contributed by atoms with Gasteiger partial charge in [-0.1, -0.05) is 19.9 Å². The third-order valence-electron chi connectivity index (χ3n) is 4.73. The van der Waals surface area contributed by atoms with Crippen LogP contribution < -0.4 is 15.4 Å². The summed E-state index contributed by atoms with van der Waals surface area (Å²) in [5.74, 6) is 1.20. The SMILES string of the molecule is CCC(CNC(=O)CC(C)C1CCCNC1)Oc1cccc(F)c1. The summed E-state index contributed by atoms with van der Waals surface area (Å²) in [6.07, 6.45) is 3.53. The summed E-state index contributed by atoms with van der Waals surface area (Å²) in [5.41, 5.74) is 0. The predicted octanol–water partition coefficient (Wildman–Crippen LogP) is 3.13. The molecule has 0 radical (unpaired) electrons. The van der Waals surface area contributed by atoms with Gasteiger partial charge >= 0.3 is 0 Å². The highest BCUT2D eigenvalue weighted by atomic mass is 19.1. The number of amides is 1. The Kier molecular flexibility index (Phi) is 7.50. The molecule has 0 bridgehead atoms. The topological polar surface area (TPSA) is 50.4 Å². The molecule has 2 rings (SSSR count). The van der Waals surface area contributed by atoms with Gasteiger partial charge < -0.3 is 15.4 Å². The van der Waals surface area contributed by atoms with E-state index >= 15 is 0 Å². The number of piperidine rings is 1. The number of carbonyl (C=O) groups is 1. The van der Waals surface area contributed by atoms with Gasteiger partial charge in [-0.3, -0.25) is 4.79 Å². The Morgan fingerprint density at radius 1 is 1.50 bits per heavy atom. The summed E-state index contributed by atoms with van der Waals surface area (Å²) < 4.78 is 19.0. The minimum Gasteiger partial charge on any atom is -0.489 e. The van der Waals surface area contributed by atoms with Gasteiger partial charge in [-0.05, 0) is 56.3 Å². The van der Waals surface area contributed by atoms with Crippen LogP contribution in [0.4, 0.5) is 4.39 Å². The van der Waals surface area contributed by atoms with E-state index in [1.165, 1.54) is 25.0 Å². The van der Waals surface area contributed by atoms with Gasteiger partial charge in [0.2, 0.25) is 5.91 Å². The maximum Gasteiger partial charge on any atom is 0.220 e. The van der Waals surface area contributed by atoms with Crippen LogP contribution in [0.3, 0.4) is 0 Å². The zero-order chi connectivity index (χ0) is 17.4. The number of benzene rings is 1. The van der Waals surface area contributed by atoms with Crippen LogP contribution in [0.5, 0.6) is 5.75 Å². The number of rotatable bonds is 8. The van der Waals surface area contributed by atoms with Gasteiger partial charge in [0.25, 0.3) is 0 Å². The number of nitrogens with one attached hydrogen (secondary N) is 2. The molecule has 3 unspecified atom stereocenters. The molecule has 1 fully saturated rings. The van der Waals surface area contributed by atoms with Crippen molar-refractivity contribution in [2.75, 3.05) is 19.6 Å². The van der Waals surface area contributed by atoms with Gasteiger partial charge in [-0.15, -0.1) is 0 Å². The van der Waals surface area contributed by atoms with E-state index in [2.05, 4.69) is 17.6 Å². The van der Waals surface area contributed by atoms with Crippen molar-refractivity contribution in [3.05, 3.63) is 30.1 Å². The summed E-state index contributed by atoms with van der Waals surface area (Å²) >= 11 is 0. The lowest BCUT2D eigenvalue weighted by atomic mass is 9.85. The van der Waals surface area contributed by atoms with Crippen molar-refractivity contribution in [1.82, 2.24) is 10.6 Å². The molecule has 2 N–H and O–H groups in total. The quantitative estimate of drug-likeness (QED) is 0.767. The van der Waals surface area contributed by atoms with Crippen LogP contribution >= 0.6 is 0 Å². The molecule has 1 aliphatic rings. The molecule has 1 saturated heterocycles. The lowest BCUT2D eigenvalue weighted by Gasteiger charge is -2.28. The Labute approximate surface area is 144 Å².